The molecule has 148 valence electrons. The van der Waals surface area contributed by atoms with Crippen LogP contribution in [0.2, 0.25) is 0 Å². The van der Waals surface area contributed by atoms with Crippen molar-refractivity contribution < 1.29 is 17.5 Å². The molecule has 1 atom stereocenters. The molecule has 2 aromatic rings. The molecule has 0 spiro atoms. The number of nitrogens with one attached hydrogen (secondary N) is 1. The maximum atomic E-state index is 13.8. The summed E-state index contributed by atoms with van der Waals surface area (Å²) in [7, 11) is 5.16. The summed E-state index contributed by atoms with van der Waals surface area (Å²) in [5, 5.41) is 0. The van der Waals surface area contributed by atoms with Gasteiger partial charge in [0.2, 0.25) is 10.0 Å². The summed E-state index contributed by atoms with van der Waals surface area (Å²) >= 11 is 0. The maximum Gasteiger partial charge on any atom is 0.240 e. The predicted molar refractivity (Wildman–Crippen MR) is 105 cm³/mol. The van der Waals surface area contributed by atoms with Crippen molar-refractivity contribution in [2.45, 2.75) is 10.9 Å². The molecule has 0 aliphatic heterocycles. The van der Waals surface area contributed by atoms with Gasteiger partial charge in [-0.15, -0.1) is 0 Å². The highest BCUT2D eigenvalue weighted by Gasteiger charge is 2.21. The summed E-state index contributed by atoms with van der Waals surface area (Å²) in [5.41, 5.74) is 2.04. The topological polar surface area (TPSA) is 61.9 Å². The SMILES string of the molecule is COc1ccc(S(=O)(=O)NC[C@@H](c2ccc(N(C)C)cc2)N(C)C)cc1F. The molecular weight excluding hydrogens is 369 g/mol. The summed E-state index contributed by atoms with van der Waals surface area (Å²) in [6.07, 6.45) is 0. The summed E-state index contributed by atoms with van der Waals surface area (Å²) < 4.78 is 46.3. The van der Waals surface area contributed by atoms with Gasteiger partial charge < -0.3 is 14.5 Å². The molecule has 1 N–H and O–H groups in total. The van der Waals surface area contributed by atoms with Crippen LogP contribution in [0.1, 0.15) is 11.6 Å². The van der Waals surface area contributed by atoms with Gasteiger partial charge in [0.25, 0.3) is 0 Å². The molecule has 0 bridgehead atoms. The molecule has 27 heavy (non-hydrogen) atoms. The van der Waals surface area contributed by atoms with Crippen molar-refractivity contribution in [1.82, 2.24) is 9.62 Å². The first-order valence-electron chi connectivity index (χ1n) is 8.42. The first-order chi connectivity index (χ1) is 12.7. The Labute approximate surface area is 160 Å². The van der Waals surface area contributed by atoms with Crippen LogP contribution in [0.4, 0.5) is 10.1 Å². The Balaban J connectivity index is 2.18. The fourth-order valence-electron chi connectivity index (χ4n) is 2.68. The van der Waals surface area contributed by atoms with Crippen LogP contribution in [0.5, 0.6) is 5.75 Å². The summed E-state index contributed by atoms with van der Waals surface area (Å²) in [6.45, 7) is 0.157. The van der Waals surface area contributed by atoms with Crippen LogP contribution >= 0.6 is 0 Å². The van der Waals surface area contributed by atoms with Crippen molar-refractivity contribution in [3.8, 4) is 5.75 Å². The molecular formula is C19H26FN3O3S. The second-order valence-electron chi connectivity index (χ2n) is 6.61. The Morgan fingerprint density at radius 1 is 1.07 bits per heavy atom. The monoisotopic (exact) mass is 395 g/mol. The van der Waals surface area contributed by atoms with Gasteiger partial charge in [0.15, 0.2) is 11.6 Å². The number of anilines is 1. The summed E-state index contributed by atoms with van der Waals surface area (Å²) in [5.74, 6) is -0.718. The lowest BCUT2D eigenvalue weighted by molar-refractivity contribution is 0.299. The van der Waals surface area contributed by atoms with Gasteiger partial charge in [-0.1, -0.05) is 12.1 Å². The third-order valence-corrected chi connectivity index (χ3v) is 5.74. The number of rotatable bonds is 8. The zero-order valence-corrected chi connectivity index (χ0v) is 17.0. The van der Waals surface area contributed by atoms with Gasteiger partial charge in [-0.05, 0) is 50.0 Å². The standard InChI is InChI=1S/C19H26FN3O3S/c1-22(2)15-8-6-14(7-9-15)18(23(3)4)13-21-27(24,25)16-10-11-19(26-5)17(20)12-16/h6-12,18,21H,13H2,1-5H3/t18-/m0/s1. The van der Waals surface area contributed by atoms with Crippen molar-refractivity contribution in [2.24, 2.45) is 0 Å². The molecule has 0 aromatic heterocycles. The third-order valence-electron chi connectivity index (χ3n) is 4.32. The average molecular weight is 396 g/mol. The van der Waals surface area contributed by atoms with Gasteiger partial charge in [0.05, 0.1) is 12.0 Å². The van der Waals surface area contributed by atoms with Crippen molar-refractivity contribution in [1.29, 1.82) is 0 Å². The van der Waals surface area contributed by atoms with E-state index in [1.54, 1.807) is 0 Å². The van der Waals surface area contributed by atoms with E-state index >= 15 is 0 Å². The number of hydrogen-bond acceptors (Lipinski definition) is 5. The van der Waals surface area contributed by atoms with Crippen molar-refractivity contribution in [2.75, 3.05) is 46.7 Å². The Bertz CT molecular complexity index is 868. The molecule has 0 aliphatic rings. The molecule has 0 heterocycles. The molecule has 0 amide bonds. The molecule has 2 aromatic carbocycles. The number of hydrogen-bond donors (Lipinski definition) is 1. The van der Waals surface area contributed by atoms with Gasteiger partial charge >= 0.3 is 0 Å². The summed E-state index contributed by atoms with van der Waals surface area (Å²) in [4.78, 5) is 3.79. The van der Waals surface area contributed by atoms with E-state index < -0.39 is 15.8 Å². The van der Waals surface area contributed by atoms with Gasteiger partial charge in [0.1, 0.15) is 0 Å². The second-order valence-corrected chi connectivity index (χ2v) is 8.38. The Morgan fingerprint density at radius 2 is 1.70 bits per heavy atom. The van der Waals surface area contributed by atoms with Crippen LogP contribution in [0.25, 0.3) is 0 Å². The number of nitrogens with zero attached hydrogens (tertiary/aromatic N) is 2. The number of methoxy groups -OCH3 is 1. The minimum absolute atomic E-state index is 0.00102. The average Bonchev–Trinajstić information content (AvgIpc) is 2.61. The smallest absolute Gasteiger partial charge is 0.240 e. The quantitative estimate of drug-likeness (QED) is 0.744. The zero-order chi connectivity index (χ0) is 20.2. The zero-order valence-electron chi connectivity index (χ0n) is 16.2. The van der Waals surface area contributed by atoms with E-state index in [4.69, 9.17) is 4.74 Å². The molecule has 0 fully saturated rings. The minimum Gasteiger partial charge on any atom is -0.494 e. The highest BCUT2D eigenvalue weighted by atomic mass is 32.2. The molecule has 2 rings (SSSR count). The molecule has 0 aliphatic carbocycles. The van der Waals surface area contributed by atoms with Crippen LogP contribution in [0.3, 0.4) is 0 Å². The lowest BCUT2D eigenvalue weighted by atomic mass is 10.1. The highest BCUT2D eigenvalue weighted by Crippen LogP contribution is 2.23. The van der Waals surface area contributed by atoms with Crippen molar-refractivity contribution in [3.05, 3.63) is 53.8 Å². The second kappa shape index (κ2) is 8.69. The van der Waals surface area contributed by atoms with Crippen molar-refractivity contribution in [3.63, 3.8) is 0 Å². The first-order valence-corrected chi connectivity index (χ1v) is 9.91. The highest BCUT2D eigenvalue weighted by molar-refractivity contribution is 7.89. The fourth-order valence-corrected chi connectivity index (χ4v) is 3.73. The van der Waals surface area contributed by atoms with E-state index in [1.807, 2.05) is 62.3 Å². The Morgan fingerprint density at radius 3 is 2.19 bits per heavy atom. The van der Waals surface area contributed by atoms with E-state index in [2.05, 4.69) is 4.72 Å². The normalized spacial score (nSPS) is 12.9. The number of sulfonamides is 1. The minimum atomic E-state index is -3.85. The first kappa shape index (κ1) is 21.1. The number of halogens is 1. The number of benzene rings is 2. The van der Waals surface area contributed by atoms with Crippen LogP contribution in [-0.2, 0) is 10.0 Å². The summed E-state index contributed by atoms with van der Waals surface area (Å²) in [6, 6.07) is 11.3. The Hall–Kier alpha value is -2.16. The number of likely N-dealkylation sites (N-methyl/N-ethyl adjacent to an activating group) is 1. The predicted octanol–water partition coefficient (Wildman–Crippen LogP) is 2.48. The van der Waals surface area contributed by atoms with Gasteiger partial charge in [0, 0.05) is 32.4 Å². The van der Waals surface area contributed by atoms with E-state index in [0.717, 1.165) is 17.3 Å². The van der Waals surface area contributed by atoms with E-state index in [-0.39, 0.29) is 23.2 Å². The van der Waals surface area contributed by atoms with E-state index in [1.165, 1.54) is 19.2 Å². The maximum absolute atomic E-state index is 13.8. The lowest BCUT2D eigenvalue weighted by Gasteiger charge is -2.25. The lowest BCUT2D eigenvalue weighted by Crippen LogP contribution is -2.34. The molecule has 6 nitrogen and oxygen atoms in total. The third kappa shape index (κ3) is 5.18. The van der Waals surface area contributed by atoms with Crippen LogP contribution < -0.4 is 14.4 Å². The molecule has 8 heteroatoms. The van der Waals surface area contributed by atoms with Gasteiger partial charge in [-0.3, -0.25) is 0 Å². The van der Waals surface area contributed by atoms with Crippen molar-refractivity contribution >= 4 is 15.7 Å². The fraction of sp³-hybridized carbons (Fsp3) is 0.368. The number of ether oxygens (including phenoxy) is 1. The molecule has 0 radical (unpaired) electrons. The van der Waals surface area contributed by atoms with E-state index in [9.17, 15) is 12.8 Å². The largest absolute Gasteiger partial charge is 0.494 e. The van der Waals surface area contributed by atoms with Crippen LogP contribution in [-0.4, -0.2) is 55.2 Å². The Kier molecular flexibility index (Phi) is 6.80. The molecule has 0 saturated heterocycles. The molecule has 0 unspecified atom stereocenters. The van der Waals surface area contributed by atoms with Gasteiger partial charge in [-0.25, -0.2) is 17.5 Å². The van der Waals surface area contributed by atoms with Gasteiger partial charge in [-0.2, -0.15) is 0 Å². The van der Waals surface area contributed by atoms with Crippen LogP contribution in [0.15, 0.2) is 47.4 Å². The molecule has 0 saturated carbocycles. The van der Waals surface area contributed by atoms with E-state index in [0.29, 0.717) is 0 Å². The van der Waals surface area contributed by atoms with Crippen LogP contribution in [0, 0.1) is 5.82 Å².